The Morgan fingerprint density at radius 2 is 0.959 bits per heavy atom. The van der Waals surface area contributed by atoms with Crippen LogP contribution < -0.4 is 4.90 Å². The second kappa shape index (κ2) is 16.9. The van der Waals surface area contributed by atoms with Crippen LogP contribution in [0.15, 0.2) is 237 Å². The van der Waals surface area contributed by atoms with Crippen LogP contribution in [0.2, 0.25) is 0 Å². The van der Waals surface area contributed by atoms with Gasteiger partial charge >= 0.3 is 0 Å². The first kappa shape index (κ1) is 42.9. The number of nitrogens with zero attached hydrogens (tertiary/aromatic N) is 4. The van der Waals surface area contributed by atoms with E-state index in [1.54, 1.807) is 0 Å². The summed E-state index contributed by atoms with van der Waals surface area (Å²) in [6.07, 6.45) is 15.6. The zero-order valence-electron chi connectivity index (χ0n) is 41.1. The van der Waals surface area contributed by atoms with Gasteiger partial charge < -0.3 is 4.90 Å². The van der Waals surface area contributed by atoms with Gasteiger partial charge in [0, 0.05) is 39.4 Å². The Morgan fingerprint density at radius 1 is 0.392 bits per heavy atom. The molecular formula is C70H52N4. The Morgan fingerprint density at radius 3 is 1.69 bits per heavy atom. The van der Waals surface area contributed by atoms with Crippen molar-refractivity contribution in [2.24, 2.45) is 0 Å². The second-order valence-electron chi connectivity index (χ2n) is 20.8. The summed E-state index contributed by atoms with van der Waals surface area (Å²) in [5.41, 5.74) is 23.0. The lowest BCUT2D eigenvalue weighted by atomic mass is 9.68. The van der Waals surface area contributed by atoms with E-state index in [9.17, 15) is 0 Å². The van der Waals surface area contributed by atoms with Crippen LogP contribution in [0.5, 0.6) is 0 Å². The summed E-state index contributed by atoms with van der Waals surface area (Å²) < 4.78 is 0. The minimum absolute atomic E-state index is 0.0125. The Balaban J connectivity index is 0.962. The van der Waals surface area contributed by atoms with Crippen LogP contribution in [0, 0.1) is 0 Å². The highest BCUT2D eigenvalue weighted by atomic mass is 15.1. The first-order valence-corrected chi connectivity index (χ1v) is 26.5. The molecule has 4 heteroatoms. The maximum absolute atomic E-state index is 5.39. The summed E-state index contributed by atoms with van der Waals surface area (Å²) in [4.78, 5) is 18.5. The van der Waals surface area contributed by atoms with Gasteiger partial charge in [-0.1, -0.05) is 226 Å². The van der Waals surface area contributed by atoms with E-state index in [0.717, 1.165) is 29.1 Å². The van der Waals surface area contributed by atoms with Crippen LogP contribution in [-0.4, -0.2) is 15.0 Å². The van der Waals surface area contributed by atoms with Crippen molar-refractivity contribution in [3.8, 4) is 67.3 Å². The van der Waals surface area contributed by atoms with Gasteiger partial charge in [-0.3, -0.25) is 0 Å². The molecule has 74 heavy (non-hydrogen) atoms. The highest BCUT2D eigenvalue weighted by molar-refractivity contribution is 6.03. The molecule has 0 N–H and O–H groups in total. The average molecular weight is 949 g/mol. The molecule has 2 spiro atoms. The predicted molar refractivity (Wildman–Crippen MR) is 302 cm³/mol. The molecule has 0 radical (unpaired) electrons. The third-order valence-electron chi connectivity index (χ3n) is 17.0. The van der Waals surface area contributed by atoms with Gasteiger partial charge in [0.15, 0.2) is 11.6 Å². The van der Waals surface area contributed by atoms with Gasteiger partial charge in [0.25, 0.3) is 0 Å². The Kier molecular flexibility index (Phi) is 9.82. The van der Waals surface area contributed by atoms with Gasteiger partial charge in [-0.25, -0.2) is 15.0 Å². The predicted octanol–water partition coefficient (Wildman–Crippen LogP) is 17.5. The molecule has 2 unspecified atom stereocenters. The van der Waals surface area contributed by atoms with Crippen molar-refractivity contribution in [3.05, 3.63) is 276 Å². The topological polar surface area (TPSA) is 41.9 Å². The second-order valence-corrected chi connectivity index (χ2v) is 20.8. The van der Waals surface area contributed by atoms with E-state index in [1.165, 1.54) is 121 Å². The molecule has 352 valence electrons. The number of benzene rings is 9. The molecule has 1 fully saturated rings. The van der Waals surface area contributed by atoms with Crippen LogP contribution in [0.1, 0.15) is 83.6 Å². The van der Waals surface area contributed by atoms with Crippen LogP contribution in [-0.2, 0) is 10.8 Å². The fourth-order valence-corrected chi connectivity index (χ4v) is 13.9. The quantitative estimate of drug-likeness (QED) is 0.160. The number of hydrogen-bond donors (Lipinski definition) is 0. The van der Waals surface area contributed by atoms with Gasteiger partial charge in [-0.2, -0.15) is 0 Å². The smallest absolute Gasteiger partial charge is 0.164 e. The standard InChI is InChI=1S/C70H52N4/c1-5-21-46(22-6-1)47-37-39-50(40-38-47)74(51-41-42-53-52-27-11-14-31-57(52)69(62(53)45-51)43-17-4-18-44-69)63-36-20-35-61-65(63)55-29-13-16-33-59(55)70(61)58-32-15-12-28-54(58)64-56(30-19-34-60(64)70)68-72-66(48-23-7-2-8-24-48)71-67(73-68)49-25-9-3-10-26-49/h1-3,5-16,19-25,27-42,45,49H,4,17-18,26,43-44H2. The number of aromatic nitrogens is 3. The monoisotopic (exact) mass is 948 g/mol. The molecule has 2 atom stereocenters. The van der Waals surface area contributed by atoms with E-state index in [2.05, 4.69) is 235 Å². The van der Waals surface area contributed by atoms with Gasteiger partial charge in [0.1, 0.15) is 5.82 Å². The highest BCUT2D eigenvalue weighted by Gasteiger charge is 2.53. The van der Waals surface area contributed by atoms with Crippen LogP contribution in [0.3, 0.4) is 0 Å². The summed E-state index contributed by atoms with van der Waals surface area (Å²) in [5.74, 6) is 2.23. The van der Waals surface area contributed by atoms with E-state index in [1.807, 2.05) is 6.07 Å². The number of anilines is 3. The highest BCUT2D eigenvalue weighted by Crippen LogP contribution is 2.66. The van der Waals surface area contributed by atoms with Crippen molar-refractivity contribution in [1.29, 1.82) is 0 Å². The van der Waals surface area contributed by atoms with Crippen molar-refractivity contribution in [2.75, 3.05) is 4.90 Å². The van der Waals surface area contributed by atoms with E-state index in [4.69, 9.17) is 15.0 Å². The number of hydrogen-bond acceptors (Lipinski definition) is 4. The summed E-state index contributed by atoms with van der Waals surface area (Å²) in [6, 6.07) is 79.2. The van der Waals surface area contributed by atoms with Crippen molar-refractivity contribution < 1.29 is 0 Å². The van der Waals surface area contributed by atoms with Crippen molar-refractivity contribution in [3.63, 3.8) is 0 Å². The van der Waals surface area contributed by atoms with Crippen LogP contribution >= 0.6 is 0 Å². The summed E-state index contributed by atoms with van der Waals surface area (Å²) in [7, 11) is 0. The molecule has 9 aromatic carbocycles. The largest absolute Gasteiger partial charge is 0.310 e. The maximum atomic E-state index is 5.39. The van der Waals surface area contributed by atoms with E-state index < -0.39 is 5.41 Å². The lowest BCUT2D eigenvalue weighted by Gasteiger charge is -2.37. The average Bonchev–Trinajstić information content (AvgIpc) is 4.13. The number of allylic oxidation sites excluding steroid dienone is 4. The molecule has 1 heterocycles. The molecular weight excluding hydrogens is 897 g/mol. The van der Waals surface area contributed by atoms with Crippen molar-refractivity contribution >= 4 is 17.1 Å². The molecule has 5 aliphatic rings. The molecule has 0 amide bonds. The van der Waals surface area contributed by atoms with Crippen molar-refractivity contribution in [1.82, 2.24) is 15.0 Å². The zero-order valence-corrected chi connectivity index (χ0v) is 41.1. The minimum Gasteiger partial charge on any atom is -0.310 e. The number of rotatable bonds is 7. The van der Waals surface area contributed by atoms with E-state index in [-0.39, 0.29) is 11.3 Å². The third kappa shape index (κ3) is 6.30. The molecule has 0 bridgehead atoms. The Labute approximate surface area is 433 Å². The SMILES string of the molecule is C1=CCC(c2nc(-c3ccccc3)nc(-c3cccc4c3-c3ccccc3C43c4ccccc4-c4c(N(c5ccc(-c6ccccc6)cc5)c5ccc6c(c5)C5(CCCCC5)c5ccccc5-6)cccc43)n2)C=C1. The molecule has 15 rings (SSSR count). The van der Waals surface area contributed by atoms with Crippen LogP contribution in [0.25, 0.3) is 67.3 Å². The van der Waals surface area contributed by atoms with Crippen molar-refractivity contribution in [2.45, 2.75) is 55.3 Å². The van der Waals surface area contributed by atoms with E-state index in [0.29, 0.717) is 11.6 Å². The zero-order chi connectivity index (χ0) is 48.8. The maximum Gasteiger partial charge on any atom is 0.164 e. The molecule has 5 aliphatic carbocycles. The van der Waals surface area contributed by atoms with E-state index >= 15 is 0 Å². The van der Waals surface area contributed by atoms with Gasteiger partial charge in [-0.15, -0.1) is 0 Å². The molecule has 0 aliphatic heterocycles. The summed E-state index contributed by atoms with van der Waals surface area (Å²) in [5, 5.41) is 0. The molecule has 4 nitrogen and oxygen atoms in total. The lowest BCUT2D eigenvalue weighted by molar-refractivity contribution is 0.353. The first-order chi connectivity index (χ1) is 36.7. The molecule has 0 saturated heterocycles. The fraction of sp³-hybridized carbons (Fsp3) is 0.129. The van der Waals surface area contributed by atoms with Crippen LogP contribution in [0.4, 0.5) is 17.1 Å². The fourth-order valence-electron chi connectivity index (χ4n) is 13.9. The normalized spacial score (nSPS) is 17.9. The third-order valence-corrected chi connectivity index (χ3v) is 17.0. The lowest BCUT2D eigenvalue weighted by Crippen LogP contribution is -2.28. The first-order valence-electron chi connectivity index (χ1n) is 26.5. The molecule has 1 saturated carbocycles. The minimum atomic E-state index is -0.618. The van der Waals surface area contributed by atoms with Gasteiger partial charge in [0.05, 0.1) is 11.1 Å². The molecule has 10 aromatic rings. The van der Waals surface area contributed by atoms with Gasteiger partial charge in [0.2, 0.25) is 0 Å². The Bertz CT molecular complexity index is 3920. The van der Waals surface area contributed by atoms with Gasteiger partial charge in [-0.05, 0) is 122 Å². The molecule has 1 aromatic heterocycles. The summed E-state index contributed by atoms with van der Waals surface area (Å²) >= 11 is 0. The summed E-state index contributed by atoms with van der Waals surface area (Å²) in [6.45, 7) is 0. The Hall–Kier alpha value is -8.73. The number of fused-ring (bicyclic) bond motifs is 15.